The van der Waals surface area contributed by atoms with Crippen molar-refractivity contribution in [3.8, 4) is 0 Å². The molecule has 5 nitrogen and oxygen atoms in total. The fraction of sp³-hybridized carbons (Fsp3) is 0.500. The number of halogens is 1. The third-order valence-electron chi connectivity index (χ3n) is 3.02. The molecule has 7 heteroatoms. The lowest BCUT2D eigenvalue weighted by Gasteiger charge is -2.19. The number of hydrogen-bond acceptors (Lipinski definition) is 3. The molecule has 1 aromatic carbocycles. The van der Waals surface area contributed by atoms with E-state index in [0.717, 1.165) is 24.7 Å². The number of benzene rings is 1. The zero-order valence-corrected chi connectivity index (χ0v) is 14.1. The van der Waals surface area contributed by atoms with Gasteiger partial charge in [-0.3, -0.25) is 4.79 Å². The van der Waals surface area contributed by atoms with Crippen molar-refractivity contribution in [2.45, 2.75) is 26.7 Å². The molecule has 118 valence electrons. The van der Waals surface area contributed by atoms with Gasteiger partial charge in [-0.2, -0.15) is 4.31 Å². The fourth-order valence-corrected chi connectivity index (χ4v) is 2.76. The highest BCUT2D eigenvalue weighted by Gasteiger charge is 2.19. The van der Waals surface area contributed by atoms with Crippen molar-refractivity contribution < 1.29 is 13.2 Å². The van der Waals surface area contributed by atoms with Gasteiger partial charge in [0.15, 0.2) is 0 Å². The van der Waals surface area contributed by atoms with Gasteiger partial charge in [-0.15, -0.1) is 0 Å². The van der Waals surface area contributed by atoms with Crippen LogP contribution in [0.5, 0.6) is 0 Å². The Labute approximate surface area is 131 Å². The van der Waals surface area contributed by atoms with Crippen LogP contribution in [0.15, 0.2) is 18.2 Å². The van der Waals surface area contributed by atoms with Crippen LogP contribution in [0, 0.1) is 6.92 Å². The quantitative estimate of drug-likeness (QED) is 0.834. The second kappa shape index (κ2) is 7.77. The van der Waals surface area contributed by atoms with E-state index >= 15 is 0 Å². The van der Waals surface area contributed by atoms with Gasteiger partial charge >= 0.3 is 0 Å². The van der Waals surface area contributed by atoms with E-state index in [4.69, 9.17) is 11.6 Å². The predicted molar refractivity (Wildman–Crippen MR) is 86.1 cm³/mol. The average molecular weight is 333 g/mol. The van der Waals surface area contributed by atoms with Gasteiger partial charge in [-0.25, -0.2) is 8.42 Å². The van der Waals surface area contributed by atoms with Gasteiger partial charge in [0.1, 0.15) is 0 Å². The van der Waals surface area contributed by atoms with E-state index in [-0.39, 0.29) is 12.5 Å². The van der Waals surface area contributed by atoms with Crippen molar-refractivity contribution in [1.29, 1.82) is 0 Å². The summed E-state index contributed by atoms with van der Waals surface area (Å²) in [5.74, 6) is -0.373. The largest absolute Gasteiger partial charge is 0.325 e. The number of anilines is 1. The molecule has 21 heavy (non-hydrogen) atoms. The third-order valence-corrected chi connectivity index (χ3v) is 4.51. The Morgan fingerprint density at radius 2 is 2.05 bits per heavy atom. The molecule has 0 aromatic heterocycles. The summed E-state index contributed by atoms with van der Waals surface area (Å²) < 4.78 is 24.5. The molecule has 1 N–H and O–H groups in total. The molecule has 0 aliphatic carbocycles. The summed E-state index contributed by atoms with van der Waals surface area (Å²) in [5.41, 5.74) is 1.46. The zero-order valence-electron chi connectivity index (χ0n) is 12.5. The number of aryl methyl sites for hydroxylation is 1. The lowest BCUT2D eigenvalue weighted by molar-refractivity contribution is -0.116. The van der Waals surface area contributed by atoms with Gasteiger partial charge in [-0.1, -0.05) is 31.0 Å². The van der Waals surface area contributed by atoms with E-state index in [9.17, 15) is 13.2 Å². The van der Waals surface area contributed by atoms with Gasteiger partial charge in [0.05, 0.1) is 12.8 Å². The Morgan fingerprint density at radius 1 is 1.38 bits per heavy atom. The number of carbonyl (C=O) groups excluding carboxylic acids is 1. The normalized spacial score (nSPS) is 11.7. The van der Waals surface area contributed by atoms with Gasteiger partial charge in [0, 0.05) is 17.3 Å². The molecule has 0 aliphatic heterocycles. The molecule has 0 radical (unpaired) electrons. The Bertz CT molecular complexity index is 602. The van der Waals surface area contributed by atoms with Crippen LogP contribution in [0.25, 0.3) is 0 Å². The van der Waals surface area contributed by atoms with Crippen LogP contribution in [-0.2, 0) is 14.8 Å². The Balaban J connectivity index is 2.76. The molecular formula is C14H21ClN2O3S. The van der Waals surface area contributed by atoms with Crippen LogP contribution >= 0.6 is 11.6 Å². The maximum atomic E-state index is 12.0. The maximum absolute atomic E-state index is 12.0. The molecule has 0 unspecified atom stereocenters. The predicted octanol–water partition coefficient (Wildman–Crippen LogP) is 2.65. The van der Waals surface area contributed by atoms with Gasteiger partial charge in [0.25, 0.3) is 0 Å². The van der Waals surface area contributed by atoms with Crippen LogP contribution in [0.1, 0.15) is 25.3 Å². The summed E-state index contributed by atoms with van der Waals surface area (Å²) in [7, 11) is -3.40. The van der Waals surface area contributed by atoms with Gasteiger partial charge in [0.2, 0.25) is 15.9 Å². The summed E-state index contributed by atoms with van der Waals surface area (Å²) in [5, 5.41) is 3.22. The number of carbonyl (C=O) groups is 1. The molecule has 0 saturated heterocycles. The first-order chi connectivity index (χ1) is 9.74. The highest BCUT2D eigenvalue weighted by atomic mass is 35.5. The molecule has 0 heterocycles. The third kappa shape index (κ3) is 6.03. The highest BCUT2D eigenvalue weighted by Crippen LogP contribution is 2.20. The summed E-state index contributed by atoms with van der Waals surface area (Å²) >= 11 is 5.89. The van der Waals surface area contributed by atoms with E-state index in [2.05, 4.69) is 5.32 Å². The van der Waals surface area contributed by atoms with Crippen LogP contribution in [0.3, 0.4) is 0 Å². The first-order valence-corrected chi connectivity index (χ1v) is 8.97. The second-order valence-electron chi connectivity index (χ2n) is 4.96. The smallest absolute Gasteiger partial charge is 0.239 e. The number of rotatable bonds is 7. The van der Waals surface area contributed by atoms with Crippen LogP contribution < -0.4 is 5.32 Å². The zero-order chi connectivity index (χ0) is 16.0. The molecule has 1 aromatic rings. The number of amides is 1. The molecule has 0 spiro atoms. The van der Waals surface area contributed by atoms with Crippen LogP contribution in [0.4, 0.5) is 5.69 Å². The van der Waals surface area contributed by atoms with Crippen molar-refractivity contribution in [3.05, 3.63) is 28.8 Å². The number of unbranched alkanes of at least 4 members (excludes halogenated alkanes) is 1. The molecule has 0 fully saturated rings. The number of sulfonamides is 1. The molecule has 0 aliphatic rings. The molecule has 1 rings (SSSR count). The molecular weight excluding hydrogens is 312 g/mol. The monoisotopic (exact) mass is 332 g/mol. The van der Waals surface area contributed by atoms with Crippen molar-refractivity contribution in [2.75, 3.05) is 24.7 Å². The number of nitrogens with one attached hydrogen (secondary N) is 1. The van der Waals surface area contributed by atoms with Crippen molar-refractivity contribution in [1.82, 2.24) is 4.31 Å². The first-order valence-electron chi connectivity index (χ1n) is 6.75. The fourth-order valence-electron chi connectivity index (χ4n) is 1.78. The van der Waals surface area contributed by atoms with E-state index in [1.165, 1.54) is 4.31 Å². The van der Waals surface area contributed by atoms with Crippen LogP contribution in [-0.4, -0.2) is 38.0 Å². The van der Waals surface area contributed by atoms with Crippen LogP contribution in [0.2, 0.25) is 5.02 Å². The first kappa shape index (κ1) is 17.9. The van der Waals surface area contributed by atoms with E-state index in [1.54, 1.807) is 18.2 Å². The number of nitrogens with zero attached hydrogens (tertiary/aromatic N) is 1. The van der Waals surface area contributed by atoms with E-state index in [0.29, 0.717) is 17.3 Å². The Hall–Kier alpha value is -1.11. The lowest BCUT2D eigenvalue weighted by Crippen LogP contribution is -2.38. The van der Waals surface area contributed by atoms with Crippen molar-refractivity contribution in [3.63, 3.8) is 0 Å². The minimum absolute atomic E-state index is 0.190. The van der Waals surface area contributed by atoms with Crippen molar-refractivity contribution in [2.24, 2.45) is 0 Å². The molecule has 0 atom stereocenters. The summed E-state index contributed by atoms with van der Waals surface area (Å²) in [6.45, 7) is 3.97. The summed E-state index contributed by atoms with van der Waals surface area (Å²) in [6, 6.07) is 5.17. The SMILES string of the molecule is CCCCN(CC(=O)Nc1cc(Cl)ccc1C)S(C)(=O)=O. The van der Waals surface area contributed by atoms with Crippen molar-refractivity contribution >= 4 is 33.2 Å². The van der Waals surface area contributed by atoms with Gasteiger partial charge in [-0.05, 0) is 31.0 Å². The minimum Gasteiger partial charge on any atom is -0.325 e. The number of hydrogen-bond donors (Lipinski definition) is 1. The molecule has 0 saturated carbocycles. The second-order valence-corrected chi connectivity index (χ2v) is 7.38. The average Bonchev–Trinajstić information content (AvgIpc) is 2.37. The summed E-state index contributed by atoms with van der Waals surface area (Å²) in [6.07, 6.45) is 2.69. The molecule has 0 bridgehead atoms. The van der Waals surface area contributed by atoms with E-state index in [1.807, 2.05) is 13.8 Å². The highest BCUT2D eigenvalue weighted by molar-refractivity contribution is 7.88. The van der Waals surface area contributed by atoms with Gasteiger partial charge < -0.3 is 5.32 Å². The lowest BCUT2D eigenvalue weighted by atomic mass is 10.2. The topological polar surface area (TPSA) is 66.5 Å². The van der Waals surface area contributed by atoms with E-state index < -0.39 is 10.0 Å². The standard InChI is InChI=1S/C14H21ClN2O3S/c1-4-5-8-17(21(3,19)20)10-14(18)16-13-9-12(15)7-6-11(13)2/h6-7,9H,4-5,8,10H2,1-3H3,(H,16,18). The molecule has 1 amide bonds. The Morgan fingerprint density at radius 3 is 2.62 bits per heavy atom. The maximum Gasteiger partial charge on any atom is 0.239 e. The minimum atomic E-state index is -3.40. The summed E-state index contributed by atoms with van der Waals surface area (Å²) in [4.78, 5) is 12.0. The Kier molecular flexibility index (Phi) is 6.64.